The van der Waals surface area contributed by atoms with Crippen LogP contribution < -0.4 is 4.72 Å². The number of benzene rings is 1. The second-order valence-corrected chi connectivity index (χ2v) is 9.74. The van der Waals surface area contributed by atoms with Crippen LogP contribution in [0.25, 0.3) is 0 Å². The van der Waals surface area contributed by atoms with Crippen LogP contribution in [-0.4, -0.2) is 34.0 Å². The van der Waals surface area contributed by atoms with Gasteiger partial charge in [0.2, 0.25) is 10.0 Å². The molecule has 1 aromatic carbocycles. The average molecular weight is 379 g/mol. The lowest BCUT2D eigenvalue weighted by Crippen LogP contribution is -2.35. The summed E-state index contributed by atoms with van der Waals surface area (Å²) in [6, 6.07) is 7.43. The number of rotatable bonds is 6. The van der Waals surface area contributed by atoms with Gasteiger partial charge in [-0.2, -0.15) is 0 Å². The highest BCUT2D eigenvalue weighted by Crippen LogP contribution is 2.29. The molecular formula is C20H30N2O3S. The second-order valence-electron chi connectivity index (χ2n) is 8.04. The molecule has 0 fully saturated rings. The first kappa shape index (κ1) is 20.7. The van der Waals surface area contributed by atoms with Crippen LogP contribution in [0.4, 0.5) is 0 Å². The van der Waals surface area contributed by atoms with Gasteiger partial charge in [0, 0.05) is 6.54 Å². The monoisotopic (exact) mass is 378 g/mol. The lowest BCUT2D eigenvalue weighted by atomic mass is 9.85. The van der Waals surface area contributed by atoms with Gasteiger partial charge in [-0.3, -0.25) is 4.90 Å². The molecule has 5 nitrogen and oxygen atoms in total. The van der Waals surface area contributed by atoms with Crippen LogP contribution in [0.15, 0.2) is 39.8 Å². The molecule has 26 heavy (non-hydrogen) atoms. The molecule has 0 aliphatic carbocycles. The predicted molar refractivity (Wildman–Crippen MR) is 105 cm³/mol. The quantitative estimate of drug-likeness (QED) is 0.831. The minimum atomic E-state index is -3.62. The van der Waals surface area contributed by atoms with E-state index in [4.69, 9.17) is 4.42 Å². The molecule has 0 saturated heterocycles. The van der Waals surface area contributed by atoms with Gasteiger partial charge in [-0.05, 0) is 62.2 Å². The van der Waals surface area contributed by atoms with Crippen LogP contribution in [0.3, 0.4) is 0 Å². The third kappa shape index (κ3) is 4.55. The first-order valence-corrected chi connectivity index (χ1v) is 10.2. The molecule has 0 bridgehead atoms. The molecule has 0 aliphatic rings. The summed E-state index contributed by atoms with van der Waals surface area (Å²) in [5.74, 6) is 0.731. The minimum Gasteiger partial charge on any atom is -0.468 e. The van der Waals surface area contributed by atoms with Crippen molar-refractivity contribution in [2.45, 2.75) is 51.0 Å². The summed E-state index contributed by atoms with van der Waals surface area (Å²) in [4.78, 5) is 2.30. The van der Waals surface area contributed by atoms with Crippen LogP contribution >= 0.6 is 0 Å². The first-order valence-electron chi connectivity index (χ1n) is 8.74. The van der Waals surface area contributed by atoms with Gasteiger partial charge in [-0.25, -0.2) is 13.1 Å². The summed E-state index contributed by atoms with van der Waals surface area (Å²) in [6.07, 6.45) is 1.60. The van der Waals surface area contributed by atoms with Crippen LogP contribution in [0.2, 0.25) is 0 Å². The van der Waals surface area contributed by atoms with Crippen LogP contribution in [0.1, 0.15) is 49.3 Å². The van der Waals surface area contributed by atoms with Crippen molar-refractivity contribution in [2.24, 2.45) is 0 Å². The van der Waals surface area contributed by atoms with E-state index in [1.807, 2.05) is 51.0 Å². The van der Waals surface area contributed by atoms with Crippen molar-refractivity contribution >= 4 is 10.0 Å². The van der Waals surface area contributed by atoms with E-state index in [2.05, 4.69) is 25.5 Å². The maximum absolute atomic E-state index is 13.0. The van der Waals surface area contributed by atoms with Crippen LogP contribution in [-0.2, 0) is 15.4 Å². The molecule has 1 aromatic heterocycles. The third-order valence-electron chi connectivity index (χ3n) is 4.56. The van der Waals surface area contributed by atoms with E-state index in [1.165, 1.54) is 0 Å². The van der Waals surface area contributed by atoms with Crippen molar-refractivity contribution in [1.82, 2.24) is 9.62 Å². The summed E-state index contributed by atoms with van der Waals surface area (Å²) >= 11 is 0. The lowest BCUT2D eigenvalue weighted by Gasteiger charge is -2.24. The molecule has 0 amide bonds. The summed E-state index contributed by atoms with van der Waals surface area (Å²) in [6.45, 7) is 10.3. The van der Waals surface area contributed by atoms with Gasteiger partial charge in [-0.15, -0.1) is 0 Å². The Morgan fingerprint density at radius 2 is 1.73 bits per heavy atom. The molecule has 1 atom stereocenters. The Morgan fingerprint density at radius 1 is 1.15 bits per heavy atom. The highest BCUT2D eigenvalue weighted by Gasteiger charge is 2.25. The van der Waals surface area contributed by atoms with E-state index < -0.39 is 10.0 Å². The van der Waals surface area contributed by atoms with Gasteiger partial charge in [-0.1, -0.05) is 32.9 Å². The summed E-state index contributed by atoms with van der Waals surface area (Å²) in [7, 11) is 0.176. The number of hydrogen-bond acceptors (Lipinski definition) is 4. The number of likely N-dealkylation sites (N-methyl/N-ethyl adjacent to an activating group) is 1. The van der Waals surface area contributed by atoms with E-state index in [0.717, 1.165) is 22.5 Å². The highest BCUT2D eigenvalue weighted by molar-refractivity contribution is 7.89. The van der Waals surface area contributed by atoms with E-state index in [0.29, 0.717) is 4.90 Å². The molecule has 0 radical (unpaired) electrons. The van der Waals surface area contributed by atoms with Crippen LogP contribution in [0, 0.1) is 13.8 Å². The van der Waals surface area contributed by atoms with E-state index in [-0.39, 0.29) is 18.0 Å². The Kier molecular flexibility index (Phi) is 6.00. The van der Waals surface area contributed by atoms with Gasteiger partial charge in [0.25, 0.3) is 0 Å². The average Bonchev–Trinajstić information content (AvgIpc) is 2.98. The molecule has 6 heteroatoms. The molecular weight excluding hydrogens is 348 g/mol. The zero-order valence-corrected chi connectivity index (χ0v) is 17.6. The van der Waals surface area contributed by atoms with Gasteiger partial charge >= 0.3 is 0 Å². The first-order chi connectivity index (χ1) is 11.9. The van der Waals surface area contributed by atoms with Gasteiger partial charge < -0.3 is 4.42 Å². The molecule has 1 heterocycles. The molecule has 0 spiro atoms. The fourth-order valence-electron chi connectivity index (χ4n) is 3.09. The predicted octanol–water partition coefficient (Wildman–Crippen LogP) is 3.78. The Bertz CT molecular complexity index is 825. The Balaban J connectivity index is 2.30. The largest absolute Gasteiger partial charge is 0.468 e. The summed E-state index contributed by atoms with van der Waals surface area (Å²) < 4.78 is 34.1. The van der Waals surface area contributed by atoms with Crippen molar-refractivity contribution in [2.75, 3.05) is 20.6 Å². The Labute approximate surface area is 157 Å². The highest BCUT2D eigenvalue weighted by atomic mass is 32.2. The smallest absolute Gasteiger partial charge is 0.241 e. The fourth-order valence-corrected chi connectivity index (χ4v) is 4.57. The number of nitrogens with zero attached hydrogens (tertiary/aromatic N) is 1. The Morgan fingerprint density at radius 3 is 2.15 bits per heavy atom. The molecule has 1 unspecified atom stereocenters. The van der Waals surface area contributed by atoms with Crippen molar-refractivity contribution in [3.8, 4) is 0 Å². The van der Waals surface area contributed by atoms with Crippen molar-refractivity contribution < 1.29 is 12.8 Å². The van der Waals surface area contributed by atoms with Gasteiger partial charge in [0.05, 0.1) is 17.2 Å². The molecule has 2 aromatic rings. The van der Waals surface area contributed by atoms with Gasteiger partial charge in [0.1, 0.15) is 5.76 Å². The molecule has 144 valence electrons. The standard InChI is InChI=1S/C20H30N2O3S/c1-14-11-16(20(3,4)5)12-15(2)19(14)26(23,24)21-13-17(22(6)7)18-9-8-10-25-18/h8-12,17,21H,13H2,1-7H3. The molecule has 2 rings (SSSR count). The van der Waals surface area contributed by atoms with Crippen molar-refractivity contribution in [1.29, 1.82) is 0 Å². The van der Waals surface area contributed by atoms with Crippen molar-refractivity contribution in [3.63, 3.8) is 0 Å². The number of sulfonamides is 1. The number of hydrogen-bond donors (Lipinski definition) is 1. The normalized spacial score (nSPS) is 14.0. The minimum absolute atomic E-state index is 0.0272. The van der Waals surface area contributed by atoms with Crippen LogP contribution in [0.5, 0.6) is 0 Å². The maximum Gasteiger partial charge on any atom is 0.241 e. The summed E-state index contributed by atoms with van der Waals surface area (Å²) in [5.41, 5.74) is 2.64. The van der Waals surface area contributed by atoms with Gasteiger partial charge in [0.15, 0.2) is 0 Å². The molecule has 1 N–H and O–H groups in total. The van der Waals surface area contributed by atoms with E-state index in [1.54, 1.807) is 12.3 Å². The second kappa shape index (κ2) is 7.55. The van der Waals surface area contributed by atoms with E-state index >= 15 is 0 Å². The zero-order valence-electron chi connectivity index (χ0n) is 16.8. The Hall–Kier alpha value is -1.63. The van der Waals surface area contributed by atoms with Crippen molar-refractivity contribution in [3.05, 3.63) is 53.0 Å². The molecule has 0 aliphatic heterocycles. The number of aryl methyl sites for hydroxylation is 2. The molecule has 0 saturated carbocycles. The SMILES string of the molecule is Cc1cc(C(C)(C)C)cc(C)c1S(=O)(=O)NCC(c1ccco1)N(C)C. The topological polar surface area (TPSA) is 62.6 Å². The lowest BCUT2D eigenvalue weighted by molar-refractivity contribution is 0.259. The maximum atomic E-state index is 13.0. The van der Waals surface area contributed by atoms with E-state index in [9.17, 15) is 8.42 Å². The summed E-state index contributed by atoms with van der Waals surface area (Å²) in [5, 5.41) is 0. The zero-order chi connectivity index (χ0) is 19.7. The third-order valence-corrected chi connectivity index (χ3v) is 6.28. The number of furan rings is 1. The fraction of sp³-hybridized carbons (Fsp3) is 0.500. The number of nitrogens with one attached hydrogen (secondary N) is 1.